The molecule has 0 radical (unpaired) electrons. The summed E-state index contributed by atoms with van der Waals surface area (Å²) < 4.78 is 70.7. The van der Waals surface area contributed by atoms with Crippen molar-refractivity contribution in [1.82, 2.24) is 9.97 Å². The fourth-order valence-electron chi connectivity index (χ4n) is 2.89. The molecule has 0 aliphatic carbocycles. The van der Waals surface area contributed by atoms with Crippen molar-refractivity contribution in [2.75, 3.05) is 5.73 Å². The lowest BCUT2D eigenvalue weighted by Crippen LogP contribution is -2.55. The number of hydrogen-bond donors (Lipinski definition) is 3. The van der Waals surface area contributed by atoms with E-state index in [0.29, 0.717) is 11.1 Å². The van der Waals surface area contributed by atoms with Crippen LogP contribution in [0.4, 0.5) is 27.8 Å². The Morgan fingerprint density at radius 3 is 2.48 bits per heavy atom. The number of aromatic nitrogens is 2. The van der Waals surface area contributed by atoms with Gasteiger partial charge in [-0.3, -0.25) is 0 Å². The topological polar surface area (TPSA) is 160 Å². The molecule has 0 bridgehead atoms. The summed E-state index contributed by atoms with van der Waals surface area (Å²) in [6.45, 7) is 2.55. The number of ether oxygens (including phenoxy) is 1. The largest absolute Gasteiger partial charge is 0.477 e. The summed E-state index contributed by atoms with van der Waals surface area (Å²) in [5, 5.41) is 17.0. The number of nitrogen functional groups attached to an aromatic ring is 1. The first kappa shape index (κ1) is 25.2. The van der Waals surface area contributed by atoms with Gasteiger partial charge in [0.05, 0.1) is 5.56 Å². The van der Waals surface area contributed by atoms with Crippen LogP contribution in [0.2, 0.25) is 0 Å². The number of aliphatic imine (C=N–C) groups is 1. The predicted octanol–water partition coefficient (Wildman–Crippen LogP) is 2.59. The van der Waals surface area contributed by atoms with Crippen LogP contribution in [0.3, 0.4) is 0 Å². The van der Waals surface area contributed by atoms with E-state index in [1.54, 1.807) is 6.92 Å². The minimum Gasteiger partial charge on any atom is -0.477 e. The Morgan fingerprint density at radius 1 is 1.33 bits per heavy atom. The number of carbonyl (C=O) groups is 1. The molecular weight excluding hydrogens is 455 g/mol. The Balaban J connectivity index is 0.000000273. The van der Waals surface area contributed by atoms with Gasteiger partial charge in [0, 0.05) is 6.20 Å². The molecule has 0 spiro atoms. The molecular formula is C19H17F5N6O3. The fourth-order valence-corrected chi connectivity index (χ4v) is 2.89. The van der Waals surface area contributed by atoms with Gasteiger partial charge in [-0.2, -0.15) is 18.4 Å². The van der Waals surface area contributed by atoms with Crippen molar-refractivity contribution < 1.29 is 36.6 Å². The summed E-state index contributed by atoms with van der Waals surface area (Å²) in [7, 11) is 0. The lowest BCUT2D eigenvalue weighted by Gasteiger charge is -2.38. The average molecular weight is 472 g/mol. The van der Waals surface area contributed by atoms with E-state index in [9.17, 15) is 26.7 Å². The normalized spacial score (nSPS) is 22.2. The van der Waals surface area contributed by atoms with Crippen molar-refractivity contribution in [3.05, 3.63) is 52.7 Å². The van der Waals surface area contributed by atoms with E-state index in [-0.39, 0.29) is 11.5 Å². The third-order valence-electron chi connectivity index (χ3n) is 4.47. The van der Waals surface area contributed by atoms with Crippen LogP contribution in [0, 0.1) is 24.1 Å². The Morgan fingerprint density at radius 2 is 1.97 bits per heavy atom. The summed E-state index contributed by atoms with van der Waals surface area (Å²) in [4.78, 5) is 21.1. The van der Waals surface area contributed by atoms with Crippen LogP contribution in [0.25, 0.3) is 0 Å². The second-order valence-electron chi connectivity index (χ2n) is 6.95. The number of carboxylic acid groups (broad SMARTS) is 1. The smallest absolute Gasteiger partial charge is 0.428 e. The molecule has 0 amide bonds. The highest BCUT2D eigenvalue weighted by Crippen LogP contribution is 2.42. The number of nitrogens with zero attached hydrogens (tertiary/aromatic N) is 4. The van der Waals surface area contributed by atoms with Gasteiger partial charge in [0.25, 0.3) is 6.02 Å². The highest BCUT2D eigenvalue weighted by atomic mass is 19.4. The van der Waals surface area contributed by atoms with Gasteiger partial charge in [-0.05, 0) is 37.6 Å². The number of carboxylic acids is 1. The summed E-state index contributed by atoms with van der Waals surface area (Å²) in [6.07, 6.45) is -9.41. The number of pyridine rings is 2. The SMILES string of the molecule is C[C@]1(c2nc(N)ccc2F)N=C(N)O[C@H](C(F)(F)F)[C@@H]1F.Cc1cc(C#N)cnc1C(=O)O. The standard InChI is InChI=1S/C11H11F5N4O.C8H6N2O2/c1-10(7-4(12)2-3-5(17)19-7)6(13)8(11(14,15)16)21-9(18)20-10;1-5-2-6(3-9)4-10-7(5)8(11)12/h2-3,6,8H,1H3,(H2,17,19)(H2,18,20);2,4H,1H3,(H,11,12)/t6-,8-,10-;/m0./s1. The highest BCUT2D eigenvalue weighted by molar-refractivity contribution is 5.87. The first-order valence-corrected chi connectivity index (χ1v) is 8.96. The Hall–Kier alpha value is -4.02. The van der Waals surface area contributed by atoms with Crippen LogP contribution in [0.15, 0.2) is 29.4 Å². The average Bonchev–Trinajstić information content (AvgIpc) is 2.71. The molecule has 14 heteroatoms. The molecule has 0 fully saturated rings. The van der Waals surface area contributed by atoms with Gasteiger partial charge in [-0.15, -0.1) is 0 Å². The Bertz CT molecular complexity index is 1130. The van der Waals surface area contributed by atoms with Gasteiger partial charge in [0.15, 0.2) is 11.9 Å². The number of aromatic carboxylic acids is 1. The van der Waals surface area contributed by atoms with E-state index in [4.69, 9.17) is 21.8 Å². The molecule has 2 aromatic rings. The fraction of sp³-hybridized carbons (Fsp3) is 0.316. The lowest BCUT2D eigenvalue weighted by molar-refractivity contribution is -0.227. The van der Waals surface area contributed by atoms with Crippen LogP contribution in [0.5, 0.6) is 0 Å². The summed E-state index contributed by atoms with van der Waals surface area (Å²) in [6, 6.07) is 4.42. The molecule has 0 unspecified atom stereocenters. The number of rotatable bonds is 2. The zero-order chi connectivity index (χ0) is 25.1. The van der Waals surface area contributed by atoms with E-state index >= 15 is 0 Å². The molecule has 1 aliphatic rings. The van der Waals surface area contributed by atoms with Crippen molar-refractivity contribution in [1.29, 1.82) is 5.26 Å². The molecule has 176 valence electrons. The van der Waals surface area contributed by atoms with Crippen molar-refractivity contribution in [2.45, 2.75) is 37.8 Å². The molecule has 3 atom stereocenters. The summed E-state index contributed by atoms with van der Waals surface area (Å²) in [5.41, 5.74) is 8.42. The number of hydrogen-bond acceptors (Lipinski definition) is 8. The van der Waals surface area contributed by atoms with Crippen molar-refractivity contribution >= 4 is 17.8 Å². The zero-order valence-corrected chi connectivity index (χ0v) is 17.1. The number of nitriles is 1. The van der Waals surface area contributed by atoms with E-state index in [2.05, 4.69) is 19.7 Å². The van der Waals surface area contributed by atoms with Gasteiger partial charge in [-0.1, -0.05) is 0 Å². The molecule has 0 saturated heterocycles. The van der Waals surface area contributed by atoms with Gasteiger partial charge >= 0.3 is 12.1 Å². The molecule has 3 rings (SSSR count). The van der Waals surface area contributed by atoms with Crippen LogP contribution >= 0.6 is 0 Å². The molecule has 5 N–H and O–H groups in total. The molecule has 33 heavy (non-hydrogen) atoms. The third-order valence-corrected chi connectivity index (χ3v) is 4.47. The lowest BCUT2D eigenvalue weighted by atomic mass is 9.87. The molecule has 0 aromatic carbocycles. The quantitative estimate of drug-likeness (QED) is 0.562. The molecule has 2 aromatic heterocycles. The predicted molar refractivity (Wildman–Crippen MR) is 104 cm³/mol. The van der Waals surface area contributed by atoms with E-state index in [1.807, 2.05) is 6.07 Å². The van der Waals surface area contributed by atoms with Crippen molar-refractivity contribution in [3.63, 3.8) is 0 Å². The Kier molecular flexibility index (Phi) is 7.06. The van der Waals surface area contributed by atoms with Gasteiger partial charge in [0.1, 0.15) is 28.9 Å². The van der Waals surface area contributed by atoms with Crippen molar-refractivity contribution in [3.8, 4) is 6.07 Å². The van der Waals surface area contributed by atoms with Gasteiger partial charge in [-0.25, -0.2) is 28.5 Å². The number of amidine groups is 1. The van der Waals surface area contributed by atoms with Crippen LogP contribution in [-0.2, 0) is 10.3 Å². The number of nitrogens with two attached hydrogens (primary N) is 2. The summed E-state index contributed by atoms with van der Waals surface area (Å²) in [5.74, 6) is -2.31. The first-order chi connectivity index (χ1) is 15.2. The Labute approximate surface area is 183 Å². The second kappa shape index (κ2) is 9.23. The number of anilines is 1. The number of alkyl halides is 4. The monoisotopic (exact) mass is 472 g/mol. The highest BCUT2D eigenvalue weighted by Gasteiger charge is 2.58. The van der Waals surface area contributed by atoms with Crippen LogP contribution in [0.1, 0.15) is 34.2 Å². The maximum Gasteiger partial charge on any atom is 0.428 e. The zero-order valence-electron chi connectivity index (χ0n) is 17.1. The molecule has 0 saturated carbocycles. The van der Waals surface area contributed by atoms with Gasteiger partial charge in [0.2, 0.25) is 6.10 Å². The maximum atomic E-state index is 14.3. The number of aryl methyl sites for hydroxylation is 1. The summed E-state index contributed by atoms with van der Waals surface area (Å²) >= 11 is 0. The first-order valence-electron chi connectivity index (χ1n) is 8.96. The molecule has 9 nitrogen and oxygen atoms in total. The van der Waals surface area contributed by atoms with E-state index in [0.717, 1.165) is 19.1 Å². The molecule has 3 heterocycles. The van der Waals surface area contributed by atoms with Crippen LogP contribution < -0.4 is 11.5 Å². The second-order valence-corrected chi connectivity index (χ2v) is 6.95. The van der Waals surface area contributed by atoms with E-state index < -0.39 is 47.5 Å². The minimum atomic E-state index is -5.04. The van der Waals surface area contributed by atoms with Gasteiger partial charge < -0.3 is 21.3 Å². The maximum absolute atomic E-state index is 14.3. The number of halogens is 5. The third kappa shape index (κ3) is 5.43. The minimum absolute atomic E-state index is 0.00556. The molecule has 1 aliphatic heterocycles. The van der Waals surface area contributed by atoms with Crippen LogP contribution in [-0.4, -0.2) is 45.5 Å². The van der Waals surface area contributed by atoms with E-state index in [1.165, 1.54) is 12.3 Å². The van der Waals surface area contributed by atoms with Crippen molar-refractivity contribution in [2.24, 2.45) is 10.7 Å².